The van der Waals surface area contributed by atoms with Crippen LogP contribution in [0.25, 0.3) is 33.6 Å². The van der Waals surface area contributed by atoms with E-state index in [2.05, 4.69) is 139 Å². The molecule has 0 aliphatic carbocycles. The molecule has 1 aromatic heterocycles. The van der Waals surface area contributed by atoms with E-state index in [1.165, 1.54) is 43.3 Å². The molecule has 6 aromatic rings. The summed E-state index contributed by atoms with van der Waals surface area (Å²) >= 11 is 0. The number of fused-ring (bicyclic) bond motifs is 3. The van der Waals surface area contributed by atoms with Gasteiger partial charge in [-0.1, -0.05) is 116 Å². The lowest BCUT2D eigenvalue weighted by molar-refractivity contribution is 1.18. The lowest BCUT2D eigenvalue weighted by atomic mass is 10.1. The van der Waals surface area contributed by atoms with E-state index >= 15 is 0 Å². The molecule has 36 heavy (non-hydrogen) atoms. The van der Waals surface area contributed by atoms with Gasteiger partial charge in [-0.25, -0.2) is 0 Å². The van der Waals surface area contributed by atoms with Crippen molar-refractivity contribution < 1.29 is 0 Å². The lowest BCUT2D eigenvalue weighted by Crippen LogP contribution is -2.25. The van der Waals surface area contributed by atoms with Crippen LogP contribution in [0, 0.1) is 6.92 Å². The largest absolute Gasteiger partial charge is 0.309 e. The second kappa shape index (κ2) is 8.86. The average molecular weight is 482 g/mol. The number of rotatable bonds is 5. The number of hydrogen-bond donors (Lipinski definition) is 0. The summed E-state index contributed by atoms with van der Waals surface area (Å²) in [6, 6.07) is 43.9. The molecule has 0 radical (unpaired) electrons. The van der Waals surface area contributed by atoms with E-state index in [1.807, 2.05) is 6.08 Å². The summed E-state index contributed by atoms with van der Waals surface area (Å²) in [7, 11) is 0. The van der Waals surface area contributed by atoms with Crippen molar-refractivity contribution in [2.45, 2.75) is 6.92 Å². The Kier molecular flexibility index (Phi) is 5.52. The van der Waals surface area contributed by atoms with Crippen molar-refractivity contribution in [2.75, 3.05) is 0 Å². The van der Waals surface area contributed by atoms with Gasteiger partial charge in [-0.2, -0.15) is 0 Å². The summed E-state index contributed by atoms with van der Waals surface area (Å²) < 4.78 is 2.37. The summed E-state index contributed by atoms with van der Waals surface area (Å²) in [6.07, 6.45) is 6.80. The molecule has 1 atom stereocenters. The first-order valence-electron chi connectivity index (χ1n) is 12.2. The van der Waals surface area contributed by atoms with Crippen molar-refractivity contribution in [1.82, 2.24) is 4.57 Å². The van der Waals surface area contributed by atoms with Crippen LogP contribution in [-0.2, 0) is 0 Å². The van der Waals surface area contributed by atoms with Gasteiger partial charge in [0.1, 0.15) is 0 Å². The highest BCUT2D eigenvalue weighted by Gasteiger charge is 2.22. The molecule has 2 heteroatoms. The van der Waals surface area contributed by atoms with E-state index in [4.69, 9.17) is 6.30 Å². The Bertz CT molecular complexity index is 1750. The van der Waals surface area contributed by atoms with Crippen LogP contribution in [0.3, 0.4) is 0 Å². The summed E-state index contributed by atoms with van der Waals surface area (Å²) in [6.45, 7) is 4.02. The van der Waals surface area contributed by atoms with Crippen molar-refractivity contribution in [1.29, 1.82) is 0 Å². The van der Waals surface area contributed by atoms with E-state index < -0.39 is 6.89 Å². The smallest absolute Gasteiger partial charge is 0.0541 e. The Morgan fingerprint density at radius 3 is 1.89 bits per heavy atom. The molecule has 174 valence electrons. The molecule has 0 spiro atoms. The fraction of sp³-hybridized carbons (Fsp3) is 0.0294. The molecule has 5 aromatic carbocycles. The maximum absolute atomic E-state index is 4.92. The molecular formula is C34H28NP. The number of nitrogens with zero attached hydrogens (tertiary/aromatic N) is 1. The molecule has 1 heterocycles. The van der Waals surface area contributed by atoms with Crippen LogP contribution in [-0.4, -0.2) is 10.9 Å². The standard InChI is InChI=1S/C34H28NP/c1-4-26-15-19-29(20-16-26)36(3,28-10-6-5-7-11-28)30-21-17-27(18-22-30)35-33-13-9-8-12-31(33)32-24-25(2)14-23-34(32)35/h4-24H,1,3H2,2H3. The van der Waals surface area contributed by atoms with Crippen molar-refractivity contribution >= 4 is 57.0 Å². The monoisotopic (exact) mass is 481 g/mol. The maximum Gasteiger partial charge on any atom is 0.0541 e. The first-order valence-corrected chi connectivity index (χ1v) is 14.2. The van der Waals surface area contributed by atoms with Gasteiger partial charge in [0.05, 0.1) is 11.0 Å². The molecule has 0 aliphatic rings. The Labute approximate surface area is 212 Å². The highest BCUT2D eigenvalue weighted by molar-refractivity contribution is 7.93. The normalized spacial score (nSPS) is 13.0. The molecule has 1 nitrogen and oxygen atoms in total. The van der Waals surface area contributed by atoms with Crippen molar-refractivity contribution in [3.8, 4) is 5.69 Å². The van der Waals surface area contributed by atoms with E-state index in [-0.39, 0.29) is 0 Å². The molecule has 6 rings (SSSR count). The van der Waals surface area contributed by atoms with Crippen LogP contribution in [0.5, 0.6) is 0 Å². The summed E-state index contributed by atoms with van der Waals surface area (Å²) in [5.41, 5.74) is 6.02. The zero-order valence-electron chi connectivity index (χ0n) is 20.4. The third-order valence-corrected chi connectivity index (χ3v) is 10.7. The first kappa shape index (κ1) is 22.4. The van der Waals surface area contributed by atoms with Gasteiger partial charge in [0, 0.05) is 16.5 Å². The van der Waals surface area contributed by atoms with Crippen molar-refractivity contribution in [3.63, 3.8) is 0 Å². The van der Waals surface area contributed by atoms with Crippen LogP contribution in [0.1, 0.15) is 11.1 Å². The van der Waals surface area contributed by atoms with Crippen LogP contribution in [0.2, 0.25) is 0 Å². The first-order chi connectivity index (χ1) is 17.6. The molecule has 0 bridgehead atoms. The Balaban J connectivity index is 1.53. The quantitative estimate of drug-likeness (QED) is 0.225. The van der Waals surface area contributed by atoms with Crippen LogP contribution in [0.4, 0.5) is 0 Å². The molecule has 0 saturated carbocycles. The van der Waals surface area contributed by atoms with E-state index in [1.54, 1.807) is 0 Å². The minimum absolute atomic E-state index is 1.12. The summed E-state index contributed by atoms with van der Waals surface area (Å²) in [4.78, 5) is 0. The Morgan fingerprint density at radius 1 is 0.611 bits per heavy atom. The van der Waals surface area contributed by atoms with Crippen LogP contribution >= 0.6 is 6.89 Å². The molecule has 0 fully saturated rings. The highest BCUT2D eigenvalue weighted by atomic mass is 31.2. The van der Waals surface area contributed by atoms with Gasteiger partial charge in [0.15, 0.2) is 0 Å². The number of benzene rings is 5. The third-order valence-electron chi connectivity index (χ3n) is 7.14. The number of aromatic nitrogens is 1. The van der Waals surface area contributed by atoms with Crippen molar-refractivity contribution in [3.05, 3.63) is 139 Å². The molecule has 0 saturated heterocycles. The molecule has 0 amide bonds. The SMILES string of the molecule is C=Cc1ccc(P(=C)(c2ccccc2)c2ccc(-n3c4ccccc4c4cc(C)ccc43)cc2)cc1. The van der Waals surface area contributed by atoms with Crippen LogP contribution in [0.15, 0.2) is 128 Å². The van der Waals surface area contributed by atoms with Gasteiger partial charge >= 0.3 is 0 Å². The van der Waals surface area contributed by atoms with Crippen molar-refractivity contribution in [2.24, 2.45) is 0 Å². The minimum atomic E-state index is -2.05. The maximum atomic E-state index is 4.92. The summed E-state index contributed by atoms with van der Waals surface area (Å²) in [5, 5.41) is 6.38. The topological polar surface area (TPSA) is 4.93 Å². The zero-order chi connectivity index (χ0) is 24.7. The lowest BCUT2D eigenvalue weighted by Gasteiger charge is -2.27. The number of para-hydroxylation sites is 1. The number of hydrogen-bond acceptors (Lipinski definition) is 0. The molecular weight excluding hydrogens is 453 g/mol. The fourth-order valence-electron chi connectivity index (χ4n) is 5.22. The second-order valence-electron chi connectivity index (χ2n) is 9.33. The predicted octanol–water partition coefficient (Wildman–Crippen LogP) is 7.46. The highest BCUT2D eigenvalue weighted by Crippen LogP contribution is 2.42. The van der Waals surface area contributed by atoms with E-state index in [9.17, 15) is 0 Å². The van der Waals surface area contributed by atoms with E-state index in [0.29, 0.717) is 0 Å². The zero-order valence-corrected chi connectivity index (χ0v) is 21.3. The van der Waals surface area contributed by atoms with Crippen LogP contribution < -0.4 is 15.9 Å². The molecule has 1 unspecified atom stereocenters. The minimum Gasteiger partial charge on any atom is -0.309 e. The molecule has 0 aliphatic heterocycles. The number of aryl methyl sites for hydroxylation is 1. The molecule has 0 N–H and O–H groups in total. The third kappa shape index (κ3) is 3.56. The summed E-state index contributed by atoms with van der Waals surface area (Å²) in [5.74, 6) is 0. The van der Waals surface area contributed by atoms with E-state index in [0.717, 1.165) is 11.3 Å². The fourth-order valence-corrected chi connectivity index (χ4v) is 8.11. The van der Waals surface area contributed by atoms with Gasteiger partial charge in [-0.15, -0.1) is 0 Å². The predicted molar refractivity (Wildman–Crippen MR) is 161 cm³/mol. The van der Waals surface area contributed by atoms with Gasteiger partial charge < -0.3 is 4.57 Å². The van der Waals surface area contributed by atoms with Gasteiger partial charge in [-0.05, 0) is 65.6 Å². The van der Waals surface area contributed by atoms with Gasteiger partial charge in [-0.3, -0.25) is 0 Å². The Hall–Kier alpha value is -4.06. The van der Waals surface area contributed by atoms with Gasteiger partial charge in [0.25, 0.3) is 0 Å². The van der Waals surface area contributed by atoms with Gasteiger partial charge in [0.2, 0.25) is 0 Å². The Morgan fingerprint density at radius 2 is 1.19 bits per heavy atom. The average Bonchev–Trinajstić information content (AvgIpc) is 3.27. The second-order valence-corrected chi connectivity index (χ2v) is 12.5.